The molecular weight excluding hydrogens is 596 g/mol. The lowest BCUT2D eigenvalue weighted by molar-refractivity contribution is -0.136. The van der Waals surface area contributed by atoms with E-state index in [-0.39, 0.29) is 41.4 Å². The van der Waals surface area contributed by atoms with E-state index in [2.05, 4.69) is 5.32 Å². The molecule has 10 nitrogen and oxygen atoms in total. The number of benzene rings is 3. The van der Waals surface area contributed by atoms with Gasteiger partial charge in [-0.25, -0.2) is 13.2 Å². The summed E-state index contributed by atoms with van der Waals surface area (Å²) in [7, 11) is -3.96. The van der Waals surface area contributed by atoms with Crippen LogP contribution in [0.1, 0.15) is 54.8 Å². The van der Waals surface area contributed by atoms with Gasteiger partial charge in [-0.3, -0.25) is 9.59 Å². The van der Waals surface area contributed by atoms with Crippen molar-refractivity contribution in [1.29, 1.82) is 0 Å². The van der Waals surface area contributed by atoms with Gasteiger partial charge in [-0.15, -0.1) is 0 Å². The Labute approximate surface area is 256 Å². The van der Waals surface area contributed by atoms with Crippen molar-refractivity contribution in [1.82, 2.24) is 10.2 Å². The summed E-state index contributed by atoms with van der Waals surface area (Å²) in [6.45, 7) is 5.31. The highest BCUT2D eigenvalue weighted by atomic mass is 35.5. The molecule has 0 spiro atoms. The van der Waals surface area contributed by atoms with Crippen molar-refractivity contribution in [3.05, 3.63) is 94.5 Å². The van der Waals surface area contributed by atoms with Gasteiger partial charge in [0, 0.05) is 23.7 Å². The molecule has 0 saturated carbocycles. The molecule has 1 atom stereocenters. The number of aliphatic hydroxyl groups is 1. The third kappa shape index (κ3) is 10.1. The van der Waals surface area contributed by atoms with Crippen LogP contribution in [-0.4, -0.2) is 66.7 Å². The molecule has 3 aromatic carbocycles. The van der Waals surface area contributed by atoms with Gasteiger partial charge in [0.1, 0.15) is 5.60 Å². The summed E-state index contributed by atoms with van der Waals surface area (Å²) in [5, 5.41) is 22.4. The SMILES string of the molecule is CC(C)(C)OC(=O)N(CCc1ccc(S(=O)(=O)c2cccc(C(=O)NCCC(=O)O)c2)cc1)C[C@@H](O)c1cccc(Cl)c1. The number of nitrogens with zero attached hydrogens (tertiary/aromatic N) is 1. The Morgan fingerprint density at radius 1 is 0.977 bits per heavy atom. The number of aliphatic carboxylic acids is 1. The van der Waals surface area contributed by atoms with Crippen molar-refractivity contribution in [3.63, 3.8) is 0 Å². The standard InChI is InChI=1S/C31H35ClN2O8S/c1-31(2,3)42-30(39)34(20-27(35)22-6-4-8-24(32)18-22)17-15-21-10-12-25(13-11-21)43(40,41)26-9-5-7-23(19-26)29(38)33-16-14-28(36)37/h4-13,18-19,27,35H,14-17,20H2,1-3H3,(H,33,38)(H,36,37)/t27-/m1/s1. The molecule has 12 heteroatoms. The quantitative estimate of drug-likeness (QED) is 0.256. The van der Waals surface area contributed by atoms with Crippen molar-refractivity contribution in [2.45, 2.75) is 55.1 Å². The fourth-order valence-electron chi connectivity index (χ4n) is 4.04. The largest absolute Gasteiger partial charge is 0.481 e. The zero-order valence-electron chi connectivity index (χ0n) is 24.1. The van der Waals surface area contributed by atoms with Gasteiger partial charge in [0.2, 0.25) is 9.84 Å². The minimum absolute atomic E-state index is 0.0139. The molecule has 0 fully saturated rings. The zero-order valence-corrected chi connectivity index (χ0v) is 25.7. The molecule has 0 heterocycles. The normalized spacial score (nSPS) is 12.3. The number of hydrogen-bond acceptors (Lipinski definition) is 7. The fourth-order valence-corrected chi connectivity index (χ4v) is 5.54. The zero-order chi connectivity index (χ0) is 31.8. The molecule has 3 aromatic rings. The van der Waals surface area contributed by atoms with Crippen LogP contribution in [0.4, 0.5) is 4.79 Å². The first kappa shape index (κ1) is 33.6. The number of carboxylic acid groups (broad SMARTS) is 1. The minimum atomic E-state index is -3.96. The average Bonchev–Trinajstić information content (AvgIpc) is 2.94. The number of amides is 2. The number of hydrogen-bond donors (Lipinski definition) is 3. The number of halogens is 1. The summed E-state index contributed by atoms with van der Waals surface area (Å²) in [6.07, 6.45) is -1.50. The second-order valence-corrected chi connectivity index (χ2v) is 13.2. The summed E-state index contributed by atoms with van der Waals surface area (Å²) >= 11 is 6.05. The molecule has 43 heavy (non-hydrogen) atoms. The molecule has 0 bridgehead atoms. The minimum Gasteiger partial charge on any atom is -0.481 e. The summed E-state index contributed by atoms with van der Waals surface area (Å²) in [5.41, 5.74) is 0.641. The monoisotopic (exact) mass is 630 g/mol. The van der Waals surface area contributed by atoms with E-state index in [1.165, 1.54) is 41.3 Å². The average molecular weight is 631 g/mol. The molecule has 0 aromatic heterocycles. The van der Waals surface area contributed by atoms with Crippen LogP contribution < -0.4 is 5.32 Å². The molecule has 0 unspecified atom stereocenters. The van der Waals surface area contributed by atoms with E-state index >= 15 is 0 Å². The predicted molar refractivity (Wildman–Crippen MR) is 161 cm³/mol. The van der Waals surface area contributed by atoms with Crippen molar-refractivity contribution in [3.8, 4) is 0 Å². The molecule has 0 aliphatic heterocycles. The lowest BCUT2D eigenvalue weighted by atomic mass is 10.1. The van der Waals surface area contributed by atoms with E-state index in [1.807, 2.05) is 0 Å². The maximum absolute atomic E-state index is 13.3. The number of carbonyl (C=O) groups excluding carboxylic acids is 2. The van der Waals surface area contributed by atoms with Crippen molar-refractivity contribution < 1.29 is 37.8 Å². The first-order valence-corrected chi connectivity index (χ1v) is 15.4. The highest BCUT2D eigenvalue weighted by Gasteiger charge is 2.25. The van der Waals surface area contributed by atoms with Crippen molar-refractivity contribution in [2.75, 3.05) is 19.6 Å². The topological polar surface area (TPSA) is 150 Å². The molecule has 0 saturated heterocycles. The van der Waals surface area contributed by atoms with Gasteiger partial charge in [-0.1, -0.05) is 41.9 Å². The Morgan fingerprint density at radius 2 is 1.65 bits per heavy atom. The molecule has 3 rings (SSSR count). The van der Waals surface area contributed by atoms with Gasteiger partial charge in [-0.2, -0.15) is 0 Å². The third-order valence-corrected chi connectivity index (χ3v) is 8.22. The molecule has 230 valence electrons. The second-order valence-electron chi connectivity index (χ2n) is 10.8. The van der Waals surface area contributed by atoms with Gasteiger partial charge < -0.3 is 25.2 Å². The van der Waals surface area contributed by atoms with Crippen LogP contribution >= 0.6 is 11.6 Å². The van der Waals surface area contributed by atoms with Crippen LogP contribution in [0.3, 0.4) is 0 Å². The second kappa shape index (κ2) is 14.5. The Kier molecular flexibility index (Phi) is 11.3. The van der Waals surface area contributed by atoms with E-state index < -0.39 is 39.5 Å². The smallest absolute Gasteiger partial charge is 0.410 e. The molecular formula is C31H35ClN2O8S. The number of nitrogens with one attached hydrogen (secondary N) is 1. The van der Waals surface area contributed by atoms with Crippen LogP contribution in [0, 0.1) is 0 Å². The number of rotatable bonds is 12. The third-order valence-electron chi connectivity index (χ3n) is 6.21. The van der Waals surface area contributed by atoms with E-state index in [0.717, 1.165) is 5.56 Å². The van der Waals surface area contributed by atoms with E-state index in [9.17, 15) is 27.9 Å². The van der Waals surface area contributed by atoms with Crippen LogP contribution in [0.5, 0.6) is 0 Å². The van der Waals surface area contributed by atoms with Crippen molar-refractivity contribution >= 4 is 39.4 Å². The first-order chi connectivity index (χ1) is 20.2. The van der Waals surface area contributed by atoms with Crippen LogP contribution in [0.15, 0.2) is 82.6 Å². The molecule has 3 N–H and O–H groups in total. The summed E-state index contributed by atoms with van der Waals surface area (Å²) in [5.74, 6) is -1.64. The summed E-state index contributed by atoms with van der Waals surface area (Å²) in [6, 6.07) is 18.4. The van der Waals surface area contributed by atoms with Crippen molar-refractivity contribution in [2.24, 2.45) is 0 Å². The van der Waals surface area contributed by atoms with Crippen LogP contribution in [0.25, 0.3) is 0 Å². The highest BCUT2D eigenvalue weighted by molar-refractivity contribution is 7.91. The molecule has 0 aliphatic rings. The predicted octanol–water partition coefficient (Wildman–Crippen LogP) is 4.89. The first-order valence-electron chi connectivity index (χ1n) is 13.5. The van der Waals surface area contributed by atoms with E-state index in [1.54, 1.807) is 57.2 Å². The molecule has 0 aliphatic carbocycles. The van der Waals surface area contributed by atoms with Gasteiger partial charge in [0.15, 0.2) is 0 Å². The summed E-state index contributed by atoms with van der Waals surface area (Å²) in [4.78, 5) is 37.3. The Morgan fingerprint density at radius 3 is 2.28 bits per heavy atom. The molecule has 0 radical (unpaired) electrons. The maximum Gasteiger partial charge on any atom is 0.410 e. The van der Waals surface area contributed by atoms with Gasteiger partial charge in [0.25, 0.3) is 5.91 Å². The van der Waals surface area contributed by atoms with Crippen LogP contribution in [-0.2, 0) is 25.8 Å². The summed E-state index contributed by atoms with van der Waals surface area (Å²) < 4.78 is 32.1. The van der Waals surface area contributed by atoms with Gasteiger partial charge in [0.05, 0.1) is 28.9 Å². The number of ether oxygens (including phenoxy) is 1. The lowest BCUT2D eigenvalue weighted by Gasteiger charge is -2.29. The fraction of sp³-hybridized carbons (Fsp3) is 0.323. The highest BCUT2D eigenvalue weighted by Crippen LogP contribution is 2.24. The maximum atomic E-state index is 13.3. The Hall–Kier alpha value is -3.93. The van der Waals surface area contributed by atoms with Crippen LogP contribution in [0.2, 0.25) is 5.02 Å². The number of carboxylic acids is 1. The number of sulfone groups is 1. The number of aliphatic hydroxyl groups excluding tert-OH is 1. The van der Waals surface area contributed by atoms with E-state index in [0.29, 0.717) is 17.0 Å². The van der Waals surface area contributed by atoms with E-state index in [4.69, 9.17) is 21.4 Å². The van der Waals surface area contributed by atoms with Gasteiger partial charge >= 0.3 is 12.1 Å². The lowest BCUT2D eigenvalue weighted by Crippen LogP contribution is -2.40. The van der Waals surface area contributed by atoms with Gasteiger partial charge in [-0.05, 0) is 80.8 Å². The molecule has 2 amide bonds. The Bertz CT molecular complexity index is 1550. The Balaban J connectivity index is 1.72. The number of carbonyl (C=O) groups is 3.